The van der Waals surface area contributed by atoms with Gasteiger partial charge < -0.3 is 60.1 Å². The van der Waals surface area contributed by atoms with Crippen molar-refractivity contribution >= 4 is 93.1 Å². The molecule has 2 aromatic heterocycles. The van der Waals surface area contributed by atoms with Crippen LogP contribution in [0.25, 0.3) is 22.1 Å². The Morgan fingerprint density at radius 3 is 1.19 bits per heavy atom. The zero-order valence-electron chi connectivity index (χ0n) is 51.3. The van der Waals surface area contributed by atoms with Crippen LogP contribution in [0.15, 0.2) is 48.5 Å². The molecule has 3 saturated heterocycles. The molecule has 0 saturated carbocycles. The van der Waals surface area contributed by atoms with E-state index in [0.29, 0.717) is 47.8 Å². The van der Waals surface area contributed by atoms with Gasteiger partial charge >= 0.3 is 11.9 Å². The Morgan fingerprint density at radius 2 is 0.852 bits per heavy atom. The fourth-order valence-corrected chi connectivity index (χ4v) is 10.9. The average Bonchev–Trinajstić information content (AvgIpc) is 2.09. The molecule has 3 aliphatic heterocycles. The third kappa shape index (κ3) is 15.8. The Morgan fingerprint density at radius 1 is 0.511 bits per heavy atom. The molecule has 0 aliphatic carbocycles. The number of aromatic nitrogens is 4. The molecule has 0 unspecified atom stereocenters. The number of nitrogens with one attached hydrogen (secondary N) is 4. The number of likely N-dealkylation sites (N-methyl/N-ethyl adjacent to an activating group) is 4. The fourth-order valence-electron chi connectivity index (χ4n) is 10.9. The van der Waals surface area contributed by atoms with Crippen LogP contribution in [-0.2, 0) is 57.4 Å². The van der Waals surface area contributed by atoms with Gasteiger partial charge in [-0.3, -0.25) is 47.9 Å². The van der Waals surface area contributed by atoms with E-state index in [1.54, 1.807) is 90.1 Å². The number of ether oxygens (including phenoxy) is 2. The molecule has 10 amide bonds. The molecule has 0 spiro atoms. The van der Waals surface area contributed by atoms with Crippen LogP contribution >= 0.6 is 0 Å². The second kappa shape index (κ2) is 29.4. The van der Waals surface area contributed by atoms with Gasteiger partial charge in [-0.1, -0.05) is 52.0 Å². The van der Waals surface area contributed by atoms with Gasteiger partial charge in [0.05, 0.1) is 59.6 Å². The van der Waals surface area contributed by atoms with E-state index in [-0.39, 0.29) is 48.7 Å². The van der Waals surface area contributed by atoms with E-state index in [0.717, 1.165) is 19.6 Å². The van der Waals surface area contributed by atoms with Gasteiger partial charge in [-0.25, -0.2) is 29.5 Å². The lowest BCUT2D eigenvalue weighted by Crippen LogP contribution is -2.59. The van der Waals surface area contributed by atoms with Gasteiger partial charge in [0.25, 0.3) is 11.8 Å². The predicted molar refractivity (Wildman–Crippen MR) is 316 cm³/mol. The van der Waals surface area contributed by atoms with Gasteiger partial charge in [-0.15, -0.1) is 0 Å². The van der Waals surface area contributed by atoms with Gasteiger partial charge in [0.1, 0.15) is 60.9 Å². The number of hydrogen-bond donors (Lipinski definition) is 4. The second-order valence-electron chi connectivity index (χ2n) is 23.0. The van der Waals surface area contributed by atoms with Crippen molar-refractivity contribution in [2.45, 2.75) is 116 Å². The molecular formula is C60H78N14O14. The topological polar surface area (TPSA) is 342 Å². The summed E-state index contributed by atoms with van der Waals surface area (Å²) >= 11 is 0. The first-order valence-electron chi connectivity index (χ1n) is 29.3. The SMILES string of the molecule is Cc1nc2ccccc2nc1C(=O)N[C@@H]1COC(=O)[C@H](C(C)C)N(C)C(=O)CN(C)C(=O)CNC(=O)[C@@H]2CCCCN2C(=O)[C@H](NC(=O)c2nc3ccccc3nc2C)COC(=O)[C@H](C(C)C)N(C)C(=O)CN(C)C(=O)CNC(=O)[C@@H]2CCCCN2C1=O. The van der Waals surface area contributed by atoms with Crippen LogP contribution in [0, 0.1) is 25.7 Å². The zero-order chi connectivity index (χ0) is 64.3. The highest BCUT2D eigenvalue weighted by molar-refractivity contribution is 6.01. The number of rotatable bonds is 6. The van der Waals surface area contributed by atoms with Crippen LogP contribution in [-0.4, -0.2) is 237 Å². The number of para-hydroxylation sites is 4. The number of aryl methyl sites for hydroxylation is 2. The molecule has 28 nitrogen and oxygen atoms in total. The lowest BCUT2D eigenvalue weighted by Gasteiger charge is -2.37. The molecule has 4 aromatic rings. The maximum absolute atomic E-state index is 14.8. The lowest BCUT2D eigenvalue weighted by molar-refractivity contribution is -0.159. The van der Waals surface area contributed by atoms with Crippen molar-refractivity contribution in [3.05, 3.63) is 71.3 Å². The molecule has 6 atom stereocenters. The number of carbonyl (C=O) groups excluding carboxylic acids is 12. The van der Waals surface area contributed by atoms with E-state index in [1.165, 1.54) is 38.0 Å². The summed E-state index contributed by atoms with van der Waals surface area (Å²) in [5, 5.41) is 10.4. The summed E-state index contributed by atoms with van der Waals surface area (Å²) in [6.07, 6.45) is 2.13. The Balaban J connectivity index is 1.17. The number of amides is 10. The van der Waals surface area contributed by atoms with Crippen molar-refractivity contribution in [1.82, 2.24) is 70.6 Å². The Bertz CT molecular complexity index is 3140. The highest BCUT2D eigenvalue weighted by atomic mass is 16.5. The zero-order valence-corrected chi connectivity index (χ0v) is 51.3. The molecule has 5 heterocycles. The Labute approximate surface area is 509 Å². The van der Waals surface area contributed by atoms with Gasteiger partial charge in [-0.2, -0.15) is 0 Å². The molecule has 472 valence electrons. The first kappa shape index (κ1) is 66.3. The predicted octanol–water partition coefficient (Wildman–Crippen LogP) is 0.0642. The number of piperidine rings is 2. The van der Waals surface area contributed by atoms with Crippen LogP contribution in [0.4, 0.5) is 0 Å². The maximum Gasteiger partial charge on any atom is 0.329 e. The first-order valence-corrected chi connectivity index (χ1v) is 29.3. The monoisotopic (exact) mass is 1220 g/mol. The quantitative estimate of drug-likeness (QED) is 0.186. The van der Waals surface area contributed by atoms with Crippen LogP contribution in [0.1, 0.15) is 98.6 Å². The molecule has 88 heavy (non-hydrogen) atoms. The summed E-state index contributed by atoms with van der Waals surface area (Å²) in [6, 6.07) is 5.40. The highest BCUT2D eigenvalue weighted by Crippen LogP contribution is 2.23. The smallest absolute Gasteiger partial charge is 0.329 e. The minimum absolute atomic E-state index is 0.0206. The molecule has 3 aliphatic rings. The molecular weight excluding hydrogens is 1140 g/mol. The van der Waals surface area contributed by atoms with Gasteiger partial charge in [0.2, 0.25) is 47.3 Å². The maximum atomic E-state index is 14.8. The number of fused-ring (bicyclic) bond motifs is 4. The molecule has 3 fully saturated rings. The van der Waals surface area contributed by atoms with Crippen LogP contribution in [0.3, 0.4) is 0 Å². The van der Waals surface area contributed by atoms with E-state index in [4.69, 9.17) is 9.47 Å². The summed E-state index contributed by atoms with van der Waals surface area (Å²) in [7, 11) is 5.27. The fraction of sp³-hybridized carbons (Fsp3) is 0.533. The molecule has 0 bridgehead atoms. The number of esters is 2. The lowest BCUT2D eigenvalue weighted by atomic mass is 10.00. The molecule has 28 heteroatoms. The van der Waals surface area contributed by atoms with Crippen molar-refractivity contribution in [3.63, 3.8) is 0 Å². The highest BCUT2D eigenvalue weighted by Gasteiger charge is 2.42. The van der Waals surface area contributed by atoms with Crippen molar-refractivity contribution in [1.29, 1.82) is 0 Å². The summed E-state index contributed by atoms with van der Waals surface area (Å²) in [6.45, 7) is 5.74. The van der Waals surface area contributed by atoms with E-state index in [1.807, 2.05) is 0 Å². The minimum atomic E-state index is -1.64. The molecule has 7 rings (SSSR count). The van der Waals surface area contributed by atoms with E-state index in [2.05, 4.69) is 41.2 Å². The van der Waals surface area contributed by atoms with Crippen molar-refractivity contribution < 1.29 is 67.0 Å². The van der Waals surface area contributed by atoms with E-state index in [9.17, 15) is 57.5 Å². The normalized spacial score (nSPS) is 23.0. The molecule has 4 N–H and O–H groups in total. The number of hydrogen-bond acceptors (Lipinski definition) is 18. The van der Waals surface area contributed by atoms with Crippen molar-refractivity contribution in [2.75, 3.05) is 80.7 Å². The Kier molecular flexibility index (Phi) is 22.2. The summed E-state index contributed by atoms with van der Waals surface area (Å²) in [5.41, 5.74) is 1.96. The third-order valence-corrected chi connectivity index (χ3v) is 15.9. The van der Waals surface area contributed by atoms with Gasteiger partial charge in [0.15, 0.2) is 0 Å². The number of carbonyl (C=O) groups is 12. The molecule has 0 radical (unpaired) electrons. The van der Waals surface area contributed by atoms with Crippen LogP contribution in [0.2, 0.25) is 0 Å². The van der Waals surface area contributed by atoms with Crippen LogP contribution < -0.4 is 21.3 Å². The van der Waals surface area contributed by atoms with Crippen LogP contribution in [0.5, 0.6) is 0 Å². The second-order valence-corrected chi connectivity index (χ2v) is 23.0. The van der Waals surface area contributed by atoms with Gasteiger partial charge in [0, 0.05) is 41.3 Å². The Hall–Kier alpha value is -9.24. The third-order valence-electron chi connectivity index (χ3n) is 15.9. The number of benzene rings is 2. The first-order chi connectivity index (χ1) is 41.8. The molecule has 2 aromatic carbocycles. The van der Waals surface area contributed by atoms with E-state index < -0.39 is 158 Å². The summed E-state index contributed by atoms with van der Waals surface area (Å²) in [4.78, 5) is 194. The minimum Gasteiger partial charge on any atom is -0.461 e. The number of cyclic esters (lactones) is 2. The van der Waals surface area contributed by atoms with Crippen molar-refractivity contribution in [3.8, 4) is 0 Å². The number of nitrogens with zero attached hydrogens (tertiary/aromatic N) is 10. The largest absolute Gasteiger partial charge is 0.461 e. The summed E-state index contributed by atoms with van der Waals surface area (Å²) in [5.74, 6) is -10.9. The van der Waals surface area contributed by atoms with E-state index >= 15 is 0 Å². The standard InChI is InChI=1S/C60H78N14O14/c1-33(2)51-59(85)87-31-41(67-55(81)49-35(5)63-37-19-11-13-21-39(37)65-49)57(83)73-25-17-15-23-43(73)53(79)62-28-46(76)70(8)30-48(78)72(10)52(34(3)4)60(86)88-32-42(68-56(82)50-36(6)64-38-20-12-14-22-40(38)66-50)58(84)74-26-18-16-24-44(74)54(80)61-27-45(75)69(7)29-47(77)71(51)9/h11-14,19-22,33-34,41-44,51-52H,15-18,23-32H2,1-10H3,(H,61,80)(H,62,79)(H,67,81)(H,68,82)/t41-,42-,43+,44+,51+,52+/m1/s1. The summed E-state index contributed by atoms with van der Waals surface area (Å²) < 4.78 is 11.6. The van der Waals surface area contributed by atoms with Crippen molar-refractivity contribution in [2.24, 2.45) is 11.8 Å². The average molecular weight is 1220 g/mol. The van der Waals surface area contributed by atoms with Gasteiger partial charge in [-0.05, 0) is 88.5 Å².